The summed E-state index contributed by atoms with van der Waals surface area (Å²) in [7, 11) is 0. The fourth-order valence-electron chi connectivity index (χ4n) is 2.57. The highest BCUT2D eigenvalue weighted by molar-refractivity contribution is 6.02. The van der Waals surface area contributed by atoms with Crippen molar-refractivity contribution in [3.05, 3.63) is 68.8 Å². The quantitative estimate of drug-likeness (QED) is 0.315. The van der Waals surface area contributed by atoms with E-state index in [0.717, 1.165) is 17.2 Å². The molecule has 0 unspecified atom stereocenters. The maximum absolute atomic E-state index is 12.6. The van der Waals surface area contributed by atoms with Crippen LogP contribution in [-0.4, -0.2) is 29.4 Å². The van der Waals surface area contributed by atoms with Crippen molar-refractivity contribution in [3.63, 3.8) is 0 Å². The van der Waals surface area contributed by atoms with Gasteiger partial charge in [-0.1, -0.05) is 17.7 Å². The van der Waals surface area contributed by atoms with Crippen LogP contribution in [0.3, 0.4) is 0 Å². The molecule has 0 aromatic heterocycles. The Balaban J connectivity index is 2.21. The van der Waals surface area contributed by atoms with E-state index in [1.54, 1.807) is 19.9 Å². The molecule has 0 aliphatic carbocycles. The number of ketones is 1. The molecule has 0 bridgehead atoms. The molecule has 0 amide bonds. The summed E-state index contributed by atoms with van der Waals surface area (Å²) in [4.78, 5) is 35.5. The van der Waals surface area contributed by atoms with Crippen LogP contribution < -0.4 is 4.74 Å². The fourth-order valence-corrected chi connectivity index (χ4v) is 2.57. The normalized spacial score (nSPS) is 11.6. The summed E-state index contributed by atoms with van der Waals surface area (Å²) < 4.78 is 10.4. The molecule has 0 radical (unpaired) electrons. The molecule has 27 heavy (non-hydrogen) atoms. The number of hydrogen-bond donors (Lipinski definition) is 0. The lowest BCUT2D eigenvalue weighted by molar-refractivity contribution is -0.385. The van der Waals surface area contributed by atoms with Crippen LogP contribution in [0.5, 0.6) is 5.75 Å². The Morgan fingerprint density at radius 3 is 2.48 bits per heavy atom. The zero-order valence-electron chi connectivity index (χ0n) is 15.6. The first-order valence-electron chi connectivity index (χ1n) is 8.48. The van der Waals surface area contributed by atoms with E-state index in [4.69, 9.17) is 9.47 Å². The number of nitro benzene ring substituents is 1. The predicted octanol–water partition coefficient (Wildman–Crippen LogP) is 4.04. The Bertz CT molecular complexity index is 890. The van der Waals surface area contributed by atoms with Gasteiger partial charge >= 0.3 is 11.7 Å². The first kappa shape index (κ1) is 20.1. The highest BCUT2D eigenvalue weighted by Crippen LogP contribution is 2.28. The van der Waals surface area contributed by atoms with Crippen LogP contribution in [0.4, 0.5) is 5.69 Å². The summed E-state index contributed by atoms with van der Waals surface area (Å²) in [6.45, 7) is 7.10. The number of nitrogens with zero attached hydrogens (tertiary/aromatic N) is 1. The summed E-state index contributed by atoms with van der Waals surface area (Å²) in [6.07, 6.45) is -1.02. The van der Waals surface area contributed by atoms with E-state index in [1.165, 1.54) is 19.1 Å². The van der Waals surface area contributed by atoms with Crippen LogP contribution in [0.2, 0.25) is 0 Å². The Kier molecular flexibility index (Phi) is 6.28. The van der Waals surface area contributed by atoms with Crippen molar-refractivity contribution in [2.45, 2.75) is 33.8 Å². The van der Waals surface area contributed by atoms with Gasteiger partial charge in [0, 0.05) is 11.6 Å². The average molecular weight is 371 g/mol. The summed E-state index contributed by atoms with van der Waals surface area (Å²) in [5.74, 6) is -1.07. The van der Waals surface area contributed by atoms with E-state index in [2.05, 4.69) is 0 Å². The third-order valence-electron chi connectivity index (χ3n) is 4.00. The van der Waals surface area contributed by atoms with Crippen molar-refractivity contribution in [2.24, 2.45) is 0 Å². The fraction of sp³-hybridized carbons (Fsp3) is 0.300. The number of ether oxygens (including phenoxy) is 2. The van der Waals surface area contributed by atoms with Gasteiger partial charge in [0.05, 0.1) is 17.1 Å². The van der Waals surface area contributed by atoms with Crippen molar-refractivity contribution >= 4 is 17.4 Å². The number of aryl methyl sites for hydroxylation is 2. The average Bonchev–Trinajstić information content (AvgIpc) is 2.63. The topological polar surface area (TPSA) is 95.7 Å². The van der Waals surface area contributed by atoms with Crippen LogP contribution in [0.15, 0.2) is 36.4 Å². The largest absolute Gasteiger partial charge is 0.487 e. The number of nitro groups is 1. The van der Waals surface area contributed by atoms with Gasteiger partial charge in [0.25, 0.3) is 0 Å². The van der Waals surface area contributed by atoms with E-state index in [-0.39, 0.29) is 29.4 Å². The lowest BCUT2D eigenvalue weighted by Crippen LogP contribution is -2.25. The third-order valence-corrected chi connectivity index (χ3v) is 4.00. The van der Waals surface area contributed by atoms with Gasteiger partial charge in [0.1, 0.15) is 0 Å². The molecule has 2 rings (SSSR count). The molecule has 0 aliphatic rings. The van der Waals surface area contributed by atoms with Gasteiger partial charge < -0.3 is 9.47 Å². The smallest absolute Gasteiger partial charge is 0.339 e. The first-order chi connectivity index (χ1) is 12.7. The number of Topliss-reactive ketones (excluding diaryl/α,β-unsaturated/α-hetero) is 1. The molecule has 0 spiro atoms. The van der Waals surface area contributed by atoms with Gasteiger partial charge in [-0.15, -0.1) is 0 Å². The summed E-state index contributed by atoms with van der Waals surface area (Å²) >= 11 is 0. The number of hydrogen-bond acceptors (Lipinski definition) is 6. The van der Waals surface area contributed by atoms with Gasteiger partial charge in [-0.25, -0.2) is 4.79 Å². The van der Waals surface area contributed by atoms with E-state index in [1.807, 2.05) is 19.1 Å². The van der Waals surface area contributed by atoms with E-state index >= 15 is 0 Å². The summed E-state index contributed by atoms with van der Waals surface area (Å²) in [6, 6.07) is 9.26. The third kappa shape index (κ3) is 4.69. The molecule has 2 aromatic rings. The van der Waals surface area contributed by atoms with E-state index in [9.17, 15) is 19.7 Å². The van der Waals surface area contributed by atoms with Crippen LogP contribution in [0.1, 0.15) is 45.7 Å². The molecule has 142 valence electrons. The monoisotopic (exact) mass is 371 g/mol. The van der Waals surface area contributed by atoms with Gasteiger partial charge in [-0.05, 0) is 51.5 Å². The molecule has 0 saturated heterocycles. The molecule has 7 heteroatoms. The second kappa shape index (κ2) is 8.44. The zero-order chi connectivity index (χ0) is 20.1. The lowest BCUT2D eigenvalue weighted by atomic mass is 9.99. The van der Waals surface area contributed by atoms with Crippen LogP contribution >= 0.6 is 0 Å². The van der Waals surface area contributed by atoms with Crippen LogP contribution in [0.25, 0.3) is 0 Å². The number of benzene rings is 2. The highest BCUT2D eigenvalue weighted by atomic mass is 16.6. The summed E-state index contributed by atoms with van der Waals surface area (Å²) in [5.41, 5.74) is 1.83. The molecule has 0 aliphatic heterocycles. The summed E-state index contributed by atoms with van der Waals surface area (Å²) in [5, 5.41) is 11.2. The standard InChI is InChI=1S/C20H21NO6/c1-5-26-18-9-8-15(11-17(18)21(24)25)20(23)27-14(4)19(22)16-10-12(2)6-7-13(16)3/h6-11,14H,5H2,1-4H3/t14-/m0/s1. The van der Waals surface area contributed by atoms with E-state index < -0.39 is 17.0 Å². The molecular weight excluding hydrogens is 350 g/mol. The molecule has 0 heterocycles. The Hall–Kier alpha value is -3.22. The van der Waals surface area contributed by atoms with Crippen LogP contribution in [0, 0.1) is 24.0 Å². The van der Waals surface area contributed by atoms with Gasteiger partial charge in [0.15, 0.2) is 11.9 Å². The minimum atomic E-state index is -1.02. The lowest BCUT2D eigenvalue weighted by Gasteiger charge is -2.14. The minimum Gasteiger partial charge on any atom is -0.487 e. The molecule has 1 atom stereocenters. The molecule has 7 nitrogen and oxygen atoms in total. The van der Waals surface area contributed by atoms with Gasteiger partial charge in [0.2, 0.25) is 5.78 Å². The van der Waals surface area contributed by atoms with Gasteiger partial charge in [-0.2, -0.15) is 0 Å². The molecule has 2 aromatic carbocycles. The van der Waals surface area contributed by atoms with Crippen molar-refractivity contribution < 1.29 is 24.0 Å². The van der Waals surface area contributed by atoms with Crippen LogP contribution in [-0.2, 0) is 4.74 Å². The maximum atomic E-state index is 12.6. The predicted molar refractivity (Wildman–Crippen MR) is 99.4 cm³/mol. The molecule has 0 saturated carbocycles. The Morgan fingerprint density at radius 1 is 1.15 bits per heavy atom. The number of esters is 1. The molecule has 0 N–H and O–H groups in total. The number of carbonyl (C=O) groups is 2. The zero-order valence-corrected chi connectivity index (χ0v) is 15.6. The van der Waals surface area contributed by atoms with Gasteiger partial charge in [-0.3, -0.25) is 14.9 Å². The van der Waals surface area contributed by atoms with Crippen molar-refractivity contribution in [3.8, 4) is 5.75 Å². The number of carbonyl (C=O) groups excluding carboxylic acids is 2. The molecular formula is C20H21NO6. The molecule has 0 fully saturated rings. The van der Waals surface area contributed by atoms with Crippen molar-refractivity contribution in [1.82, 2.24) is 0 Å². The second-order valence-corrected chi connectivity index (χ2v) is 6.10. The second-order valence-electron chi connectivity index (χ2n) is 6.10. The van der Waals surface area contributed by atoms with E-state index in [0.29, 0.717) is 5.56 Å². The SMILES string of the molecule is CCOc1ccc(C(=O)O[C@@H](C)C(=O)c2cc(C)ccc2C)cc1[N+](=O)[O-]. The number of rotatable bonds is 7. The van der Waals surface area contributed by atoms with Crippen molar-refractivity contribution in [1.29, 1.82) is 0 Å². The maximum Gasteiger partial charge on any atom is 0.339 e. The first-order valence-corrected chi connectivity index (χ1v) is 8.48. The van der Waals surface area contributed by atoms with Crippen molar-refractivity contribution in [2.75, 3.05) is 6.61 Å². The highest BCUT2D eigenvalue weighted by Gasteiger charge is 2.24. The minimum absolute atomic E-state index is 0.0224. The Labute approximate surface area is 157 Å². The Morgan fingerprint density at radius 2 is 1.85 bits per heavy atom.